The molecule has 2 heteroatoms. The number of aryl methyl sites for hydroxylation is 2. The summed E-state index contributed by atoms with van der Waals surface area (Å²) in [4.78, 5) is 8.88. The number of rotatable bonds is 2. The Balaban J connectivity index is 2.33. The summed E-state index contributed by atoms with van der Waals surface area (Å²) in [5.41, 5.74) is 2.44. The SMILES string of the molecule is CCc1nc(C2CC2)ncc1C. The van der Waals surface area contributed by atoms with E-state index in [1.54, 1.807) is 0 Å². The highest BCUT2D eigenvalue weighted by Crippen LogP contribution is 2.37. The summed E-state index contributed by atoms with van der Waals surface area (Å²) in [6.07, 6.45) is 5.55. The van der Waals surface area contributed by atoms with Gasteiger partial charge in [-0.2, -0.15) is 0 Å². The van der Waals surface area contributed by atoms with Crippen LogP contribution in [0.1, 0.15) is 42.8 Å². The molecule has 0 spiro atoms. The molecule has 0 radical (unpaired) electrons. The van der Waals surface area contributed by atoms with Gasteiger partial charge in [-0.25, -0.2) is 9.97 Å². The Morgan fingerprint density at radius 3 is 2.83 bits per heavy atom. The Labute approximate surface area is 73.1 Å². The average molecular weight is 162 g/mol. The van der Waals surface area contributed by atoms with Crippen LogP contribution >= 0.6 is 0 Å². The van der Waals surface area contributed by atoms with Crippen molar-refractivity contribution in [3.63, 3.8) is 0 Å². The van der Waals surface area contributed by atoms with E-state index < -0.39 is 0 Å². The van der Waals surface area contributed by atoms with Gasteiger partial charge in [0.25, 0.3) is 0 Å². The standard InChI is InChI=1S/C10H14N2/c1-3-9-7(2)6-11-10(12-9)8-4-5-8/h6,8H,3-5H2,1-2H3. The minimum Gasteiger partial charge on any atom is -0.241 e. The van der Waals surface area contributed by atoms with Crippen LogP contribution in [0, 0.1) is 6.92 Å². The summed E-state index contributed by atoms with van der Waals surface area (Å²) < 4.78 is 0. The molecule has 0 amide bonds. The highest BCUT2D eigenvalue weighted by atomic mass is 14.9. The lowest BCUT2D eigenvalue weighted by Crippen LogP contribution is -1.99. The molecule has 1 saturated carbocycles. The first kappa shape index (κ1) is 7.71. The zero-order valence-electron chi connectivity index (χ0n) is 7.67. The van der Waals surface area contributed by atoms with Crippen LogP contribution in [0.25, 0.3) is 0 Å². The molecule has 0 aliphatic heterocycles. The molecule has 0 bridgehead atoms. The molecule has 0 saturated heterocycles. The lowest BCUT2D eigenvalue weighted by atomic mass is 10.2. The molecule has 64 valence electrons. The lowest BCUT2D eigenvalue weighted by molar-refractivity contribution is 0.864. The summed E-state index contributed by atoms with van der Waals surface area (Å²) in [5, 5.41) is 0. The topological polar surface area (TPSA) is 25.8 Å². The van der Waals surface area contributed by atoms with Gasteiger partial charge in [0.2, 0.25) is 0 Å². The van der Waals surface area contributed by atoms with Gasteiger partial charge < -0.3 is 0 Å². The van der Waals surface area contributed by atoms with E-state index >= 15 is 0 Å². The summed E-state index contributed by atoms with van der Waals surface area (Å²) in [6.45, 7) is 4.22. The minimum atomic E-state index is 0.677. The second-order valence-corrected chi connectivity index (χ2v) is 3.49. The number of nitrogens with zero attached hydrogens (tertiary/aromatic N) is 2. The van der Waals surface area contributed by atoms with Crippen LogP contribution < -0.4 is 0 Å². The van der Waals surface area contributed by atoms with Gasteiger partial charge in [-0.3, -0.25) is 0 Å². The lowest BCUT2D eigenvalue weighted by Gasteiger charge is -2.03. The first-order valence-electron chi connectivity index (χ1n) is 4.63. The van der Waals surface area contributed by atoms with Crippen LogP contribution in [0.5, 0.6) is 0 Å². The van der Waals surface area contributed by atoms with Crippen LogP contribution in [0.2, 0.25) is 0 Å². The van der Waals surface area contributed by atoms with Gasteiger partial charge in [-0.1, -0.05) is 6.92 Å². The van der Waals surface area contributed by atoms with E-state index in [0.29, 0.717) is 5.92 Å². The molecule has 0 atom stereocenters. The smallest absolute Gasteiger partial charge is 0.131 e. The van der Waals surface area contributed by atoms with E-state index in [-0.39, 0.29) is 0 Å². The predicted molar refractivity (Wildman–Crippen MR) is 48.1 cm³/mol. The highest BCUT2D eigenvalue weighted by molar-refractivity contribution is 5.18. The molecule has 1 aliphatic rings. The fourth-order valence-electron chi connectivity index (χ4n) is 1.39. The zero-order valence-corrected chi connectivity index (χ0v) is 7.67. The van der Waals surface area contributed by atoms with E-state index in [1.165, 1.54) is 24.1 Å². The van der Waals surface area contributed by atoms with Crippen molar-refractivity contribution >= 4 is 0 Å². The maximum absolute atomic E-state index is 4.54. The number of hydrogen-bond acceptors (Lipinski definition) is 2. The van der Waals surface area contributed by atoms with Crippen molar-refractivity contribution in [3.05, 3.63) is 23.3 Å². The summed E-state index contributed by atoms with van der Waals surface area (Å²) in [5.74, 6) is 1.74. The largest absolute Gasteiger partial charge is 0.241 e. The number of hydrogen-bond donors (Lipinski definition) is 0. The molecule has 12 heavy (non-hydrogen) atoms. The van der Waals surface area contributed by atoms with Gasteiger partial charge in [0.1, 0.15) is 5.82 Å². The summed E-state index contributed by atoms with van der Waals surface area (Å²) >= 11 is 0. The minimum absolute atomic E-state index is 0.677. The van der Waals surface area contributed by atoms with Crippen LogP contribution in [0.3, 0.4) is 0 Å². The Kier molecular flexibility index (Phi) is 1.83. The van der Waals surface area contributed by atoms with E-state index in [1.807, 2.05) is 6.20 Å². The molecule has 1 fully saturated rings. The van der Waals surface area contributed by atoms with Gasteiger partial charge in [0.15, 0.2) is 0 Å². The van der Waals surface area contributed by atoms with Gasteiger partial charge >= 0.3 is 0 Å². The molecule has 0 unspecified atom stereocenters. The zero-order chi connectivity index (χ0) is 8.55. The maximum atomic E-state index is 4.54. The molecule has 2 nitrogen and oxygen atoms in total. The molecule has 0 aromatic carbocycles. The second kappa shape index (κ2) is 2.85. The molecular formula is C10H14N2. The molecule has 1 aromatic rings. The Bertz CT molecular complexity index is 290. The second-order valence-electron chi connectivity index (χ2n) is 3.49. The first-order chi connectivity index (χ1) is 5.81. The summed E-state index contributed by atoms with van der Waals surface area (Å²) in [6, 6.07) is 0. The molecule has 1 heterocycles. The Hall–Kier alpha value is -0.920. The normalized spacial score (nSPS) is 16.5. The van der Waals surface area contributed by atoms with Gasteiger partial charge in [-0.05, 0) is 31.7 Å². The van der Waals surface area contributed by atoms with Crippen molar-refractivity contribution in [1.82, 2.24) is 9.97 Å². The molecule has 2 rings (SSSR count). The third kappa shape index (κ3) is 1.33. The third-order valence-electron chi connectivity index (χ3n) is 2.37. The van der Waals surface area contributed by atoms with E-state index in [9.17, 15) is 0 Å². The quantitative estimate of drug-likeness (QED) is 0.666. The van der Waals surface area contributed by atoms with E-state index in [2.05, 4.69) is 23.8 Å². The van der Waals surface area contributed by atoms with E-state index in [0.717, 1.165) is 12.2 Å². The number of aromatic nitrogens is 2. The fourth-order valence-corrected chi connectivity index (χ4v) is 1.39. The van der Waals surface area contributed by atoms with Crippen molar-refractivity contribution in [2.45, 2.75) is 39.0 Å². The van der Waals surface area contributed by atoms with Gasteiger partial charge in [-0.15, -0.1) is 0 Å². The maximum Gasteiger partial charge on any atom is 0.131 e. The Morgan fingerprint density at radius 2 is 2.25 bits per heavy atom. The van der Waals surface area contributed by atoms with Gasteiger partial charge in [0.05, 0.1) is 0 Å². The molecule has 1 aromatic heterocycles. The van der Waals surface area contributed by atoms with Crippen molar-refractivity contribution in [1.29, 1.82) is 0 Å². The van der Waals surface area contributed by atoms with Gasteiger partial charge in [0, 0.05) is 17.8 Å². The van der Waals surface area contributed by atoms with Crippen molar-refractivity contribution in [2.24, 2.45) is 0 Å². The molecular weight excluding hydrogens is 148 g/mol. The molecule has 1 aliphatic carbocycles. The van der Waals surface area contributed by atoms with E-state index in [4.69, 9.17) is 0 Å². The van der Waals surface area contributed by atoms with Crippen molar-refractivity contribution in [2.75, 3.05) is 0 Å². The first-order valence-corrected chi connectivity index (χ1v) is 4.63. The highest BCUT2D eigenvalue weighted by Gasteiger charge is 2.26. The fraction of sp³-hybridized carbons (Fsp3) is 0.600. The van der Waals surface area contributed by atoms with Crippen LogP contribution in [0.15, 0.2) is 6.20 Å². The van der Waals surface area contributed by atoms with Crippen LogP contribution in [-0.2, 0) is 6.42 Å². The third-order valence-corrected chi connectivity index (χ3v) is 2.37. The predicted octanol–water partition coefficient (Wildman–Crippen LogP) is 2.22. The molecule has 0 N–H and O–H groups in total. The summed E-state index contributed by atoms with van der Waals surface area (Å²) in [7, 11) is 0. The van der Waals surface area contributed by atoms with Crippen LogP contribution in [0.4, 0.5) is 0 Å². The van der Waals surface area contributed by atoms with Crippen LogP contribution in [-0.4, -0.2) is 9.97 Å². The average Bonchev–Trinajstić information content (AvgIpc) is 2.88. The van der Waals surface area contributed by atoms with Crippen molar-refractivity contribution < 1.29 is 0 Å². The van der Waals surface area contributed by atoms with Crippen molar-refractivity contribution in [3.8, 4) is 0 Å². The Morgan fingerprint density at radius 1 is 1.50 bits per heavy atom. The monoisotopic (exact) mass is 162 g/mol.